The molecule has 0 amide bonds. The number of hydrogen-bond acceptors (Lipinski definition) is 0. The predicted molar refractivity (Wildman–Crippen MR) is 146 cm³/mol. The molecule has 0 unspecified atom stereocenters. The van der Waals surface area contributed by atoms with Gasteiger partial charge in [-0.3, -0.25) is 0 Å². The molecule has 0 N–H and O–H groups in total. The van der Waals surface area contributed by atoms with Crippen LogP contribution in [0.25, 0.3) is 39.1 Å². The molecular weight excluding hydrogens is 410 g/mol. The predicted octanol–water partition coefficient (Wildman–Crippen LogP) is 8.73. The average molecular weight is 438 g/mol. The monoisotopic (exact) mass is 437 g/mol. The fourth-order valence-corrected chi connectivity index (χ4v) is 5.54. The summed E-state index contributed by atoms with van der Waals surface area (Å²) in [4.78, 5) is 0. The van der Waals surface area contributed by atoms with Crippen molar-refractivity contribution in [2.75, 3.05) is 0 Å². The third kappa shape index (κ3) is 3.01. The minimum absolute atomic E-state index is 0.0769. The third-order valence-corrected chi connectivity index (χ3v) is 7.16. The Morgan fingerprint density at radius 3 is 2.26 bits per heavy atom. The van der Waals surface area contributed by atoms with Gasteiger partial charge in [-0.05, 0) is 52.1 Å². The summed E-state index contributed by atoms with van der Waals surface area (Å²) >= 11 is 0. The van der Waals surface area contributed by atoms with Gasteiger partial charge in [0, 0.05) is 21.9 Å². The van der Waals surface area contributed by atoms with E-state index >= 15 is 0 Å². The summed E-state index contributed by atoms with van der Waals surface area (Å²) in [5, 5.41) is 2.55. The topological polar surface area (TPSA) is 4.93 Å². The van der Waals surface area contributed by atoms with Gasteiger partial charge in [0.05, 0.1) is 11.0 Å². The molecule has 0 fully saturated rings. The number of aromatic nitrogens is 1. The molecule has 1 heteroatoms. The van der Waals surface area contributed by atoms with Gasteiger partial charge < -0.3 is 4.57 Å². The van der Waals surface area contributed by atoms with E-state index in [0.717, 1.165) is 0 Å². The minimum atomic E-state index is -0.0769. The summed E-state index contributed by atoms with van der Waals surface area (Å²) in [6, 6.07) is 34.9. The Bertz CT molecular complexity index is 1620. The van der Waals surface area contributed by atoms with E-state index in [4.69, 9.17) is 0 Å². The van der Waals surface area contributed by atoms with Gasteiger partial charge in [0.25, 0.3) is 0 Å². The lowest BCUT2D eigenvalue weighted by Crippen LogP contribution is -2.15. The van der Waals surface area contributed by atoms with E-state index in [1.54, 1.807) is 0 Å². The quantitative estimate of drug-likeness (QED) is 0.266. The normalized spacial score (nSPS) is 17.0. The van der Waals surface area contributed by atoms with Crippen molar-refractivity contribution in [3.8, 4) is 5.69 Å². The minimum Gasteiger partial charge on any atom is -0.309 e. The summed E-state index contributed by atoms with van der Waals surface area (Å²) in [7, 11) is 0. The first-order valence-corrected chi connectivity index (χ1v) is 11.8. The Kier molecular flexibility index (Phi) is 4.67. The maximum Gasteiger partial charge on any atom is 0.0547 e. The van der Waals surface area contributed by atoms with Crippen LogP contribution in [0.4, 0.5) is 0 Å². The molecular formula is C33H27N. The van der Waals surface area contributed by atoms with Crippen molar-refractivity contribution < 1.29 is 0 Å². The number of benzene rings is 4. The first-order valence-electron chi connectivity index (χ1n) is 11.8. The molecule has 0 aliphatic heterocycles. The molecule has 0 bridgehead atoms. The van der Waals surface area contributed by atoms with Crippen molar-refractivity contribution in [3.63, 3.8) is 0 Å². The van der Waals surface area contributed by atoms with E-state index in [2.05, 4.69) is 134 Å². The van der Waals surface area contributed by atoms with Gasteiger partial charge in [0.2, 0.25) is 0 Å². The summed E-state index contributed by atoms with van der Waals surface area (Å²) in [6.45, 7) is 8.63. The Hall–Kier alpha value is -4.10. The Balaban J connectivity index is 1.60. The van der Waals surface area contributed by atoms with Crippen LogP contribution < -0.4 is 0 Å². The van der Waals surface area contributed by atoms with Gasteiger partial charge in [0.15, 0.2) is 0 Å². The van der Waals surface area contributed by atoms with E-state index in [1.807, 2.05) is 6.08 Å². The highest BCUT2D eigenvalue weighted by molar-refractivity contribution is 6.10. The Morgan fingerprint density at radius 1 is 0.735 bits per heavy atom. The van der Waals surface area contributed by atoms with Crippen LogP contribution in [-0.2, 0) is 5.41 Å². The molecule has 0 saturated heterocycles. The molecule has 0 radical (unpaired) electrons. The van der Waals surface area contributed by atoms with Gasteiger partial charge in [-0.1, -0.05) is 111 Å². The molecule has 1 aliphatic carbocycles. The number of nitrogens with zero attached hydrogens (tertiary/aromatic N) is 1. The second kappa shape index (κ2) is 7.74. The van der Waals surface area contributed by atoms with E-state index < -0.39 is 0 Å². The zero-order chi connectivity index (χ0) is 23.3. The zero-order valence-electron chi connectivity index (χ0n) is 19.6. The highest BCUT2D eigenvalue weighted by atomic mass is 15.0. The lowest BCUT2D eigenvalue weighted by atomic mass is 9.81. The molecule has 0 spiro atoms. The highest BCUT2D eigenvalue weighted by Gasteiger charge is 2.37. The summed E-state index contributed by atoms with van der Waals surface area (Å²) in [5.74, 6) is 0. The second-order valence-corrected chi connectivity index (χ2v) is 9.51. The number of para-hydroxylation sites is 2. The smallest absolute Gasteiger partial charge is 0.0547 e. The molecule has 1 nitrogen and oxygen atoms in total. The number of fused-ring (bicyclic) bond motifs is 4. The maximum absolute atomic E-state index is 3.99. The van der Waals surface area contributed by atoms with Crippen LogP contribution in [-0.4, -0.2) is 4.57 Å². The van der Waals surface area contributed by atoms with Crippen molar-refractivity contribution in [1.82, 2.24) is 4.57 Å². The molecule has 4 aromatic carbocycles. The number of rotatable bonds is 3. The summed E-state index contributed by atoms with van der Waals surface area (Å²) in [6.07, 6.45) is 6.42. The molecule has 1 heterocycles. The van der Waals surface area contributed by atoms with E-state index in [0.29, 0.717) is 0 Å². The molecule has 5 aromatic rings. The number of hydrogen-bond donors (Lipinski definition) is 0. The van der Waals surface area contributed by atoms with Crippen molar-refractivity contribution >= 4 is 33.5 Å². The summed E-state index contributed by atoms with van der Waals surface area (Å²) < 4.78 is 2.38. The second-order valence-electron chi connectivity index (χ2n) is 9.51. The van der Waals surface area contributed by atoms with Crippen molar-refractivity contribution in [2.45, 2.75) is 19.3 Å². The molecule has 6 rings (SSSR count). The van der Waals surface area contributed by atoms with Crippen LogP contribution >= 0.6 is 0 Å². The van der Waals surface area contributed by atoms with Crippen LogP contribution in [0.1, 0.15) is 30.5 Å². The maximum atomic E-state index is 3.99. The first kappa shape index (κ1) is 20.5. The van der Waals surface area contributed by atoms with Gasteiger partial charge in [-0.2, -0.15) is 0 Å². The van der Waals surface area contributed by atoms with Gasteiger partial charge in [-0.15, -0.1) is 0 Å². The lowest BCUT2D eigenvalue weighted by molar-refractivity contribution is 0.665. The fourth-order valence-electron chi connectivity index (χ4n) is 5.54. The zero-order valence-corrected chi connectivity index (χ0v) is 19.6. The standard InChI is InChI=1S/C33H27N/c1-4-12-25-26-15-8-10-17-29(26)33(2,3)30(25)21-23-19-20-28-27-16-9-11-18-31(27)34(32(28)22-23)24-13-6-5-7-14-24/h4-22H,1H2,2-3H3/b25-12-,30-21+. The first-order chi connectivity index (χ1) is 16.6. The van der Waals surface area contributed by atoms with Gasteiger partial charge in [0.1, 0.15) is 0 Å². The van der Waals surface area contributed by atoms with E-state index in [1.165, 1.54) is 55.3 Å². The van der Waals surface area contributed by atoms with Crippen LogP contribution in [0.15, 0.2) is 121 Å². The largest absolute Gasteiger partial charge is 0.309 e. The molecule has 1 aliphatic rings. The third-order valence-electron chi connectivity index (χ3n) is 7.16. The Labute approximate surface area is 201 Å². The fraction of sp³-hybridized carbons (Fsp3) is 0.0909. The summed E-state index contributed by atoms with van der Waals surface area (Å²) in [5.41, 5.74) is 10.0. The Morgan fingerprint density at radius 2 is 1.44 bits per heavy atom. The molecule has 164 valence electrons. The SMILES string of the molecule is C=C/C=C1\C(=C/c2ccc3c4ccccc4n(-c4ccccc4)c3c2)C(C)(C)c2ccccc21. The molecule has 0 saturated carbocycles. The van der Waals surface area contributed by atoms with Crippen LogP contribution in [0.5, 0.6) is 0 Å². The van der Waals surface area contributed by atoms with Gasteiger partial charge in [-0.25, -0.2) is 0 Å². The van der Waals surface area contributed by atoms with Crippen molar-refractivity contribution in [2.24, 2.45) is 0 Å². The van der Waals surface area contributed by atoms with Crippen LogP contribution in [0.3, 0.4) is 0 Å². The van der Waals surface area contributed by atoms with E-state index in [9.17, 15) is 0 Å². The number of allylic oxidation sites excluding steroid dienone is 4. The molecule has 0 atom stereocenters. The van der Waals surface area contributed by atoms with E-state index in [-0.39, 0.29) is 5.41 Å². The van der Waals surface area contributed by atoms with Crippen LogP contribution in [0.2, 0.25) is 0 Å². The van der Waals surface area contributed by atoms with Crippen LogP contribution in [0, 0.1) is 0 Å². The average Bonchev–Trinajstić information content (AvgIpc) is 3.30. The lowest BCUT2D eigenvalue weighted by Gasteiger charge is -2.22. The van der Waals surface area contributed by atoms with Gasteiger partial charge >= 0.3 is 0 Å². The highest BCUT2D eigenvalue weighted by Crippen LogP contribution is 2.50. The molecule has 34 heavy (non-hydrogen) atoms. The van der Waals surface area contributed by atoms with Crippen molar-refractivity contribution in [3.05, 3.63) is 138 Å². The van der Waals surface area contributed by atoms with Crippen molar-refractivity contribution in [1.29, 1.82) is 0 Å². The molecule has 1 aromatic heterocycles.